The molecule has 0 saturated heterocycles. The molecule has 4 nitrogen and oxygen atoms in total. The predicted molar refractivity (Wildman–Crippen MR) is 40.8 cm³/mol. The van der Waals surface area contributed by atoms with Gasteiger partial charge in [-0.05, 0) is 6.92 Å². The van der Waals surface area contributed by atoms with E-state index in [0.29, 0.717) is 10.2 Å². The van der Waals surface area contributed by atoms with Gasteiger partial charge in [0, 0.05) is 11.8 Å². The number of aryl methyl sites for hydroxylation is 1. The van der Waals surface area contributed by atoms with Crippen LogP contribution < -0.4 is 4.74 Å². The summed E-state index contributed by atoms with van der Waals surface area (Å²) >= 11 is 0. The van der Waals surface area contributed by atoms with Crippen molar-refractivity contribution in [2.24, 2.45) is 0 Å². The highest BCUT2D eigenvalue weighted by Gasteiger charge is 2.11. The minimum absolute atomic E-state index is 0.0566. The fourth-order valence-corrected chi connectivity index (χ4v) is 0.851. The second-order valence-electron chi connectivity index (χ2n) is 2.45. The van der Waals surface area contributed by atoms with Crippen molar-refractivity contribution >= 4 is 0 Å². The van der Waals surface area contributed by atoms with E-state index in [1.54, 1.807) is 6.92 Å². The number of hydrogen-bond donors (Lipinski definition) is 1. The third-order valence-corrected chi connectivity index (χ3v) is 1.40. The van der Waals surface area contributed by atoms with Gasteiger partial charge in [-0.2, -0.15) is 8.78 Å². The van der Waals surface area contributed by atoms with Crippen LogP contribution in [0.25, 0.3) is 0 Å². The van der Waals surface area contributed by atoms with Crippen LogP contribution in [0.15, 0.2) is 6.20 Å². The fraction of sp³-hybridized carbons (Fsp3) is 0.571. The molecule has 0 aliphatic rings. The molecule has 1 heterocycles. The van der Waals surface area contributed by atoms with Gasteiger partial charge in [-0.15, -0.1) is 5.10 Å². The van der Waals surface area contributed by atoms with Crippen molar-refractivity contribution in [3.8, 4) is 5.88 Å². The zero-order chi connectivity index (χ0) is 9.84. The Balaban J connectivity index is 2.71. The normalized spacial score (nSPS) is 10.8. The molecule has 0 amide bonds. The molecule has 13 heavy (non-hydrogen) atoms. The van der Waals surface area contributed by atoms with E-state index >= 15 is 0 Å². The van der Waals surface area contributed by atoms with E-state index in [4.69, 9.17) is 9.84 Å². The van der Waals surface area contributed by atoms with Gasteiger partial charge < -0.3 is 9.84 Å². The van der Waals surface area contributed by atoms with Gasteiger partial charge in [0.1, 0.15) is 6.61 Å². The largest absolute Gasteiger partial charge is 0.474 e. The summed E-state index contributed by atoms with van der Waals surface area (Å²) in [5, 5.41) is 11.9. The first kappa shape index (κ1) is 9.91. The highest BCUT2D eigenvalue weighted by atomic mass is 19.3. The zero-order valence-electron chi connectivity index (χ0n) is 7.07. The predicted octanol–water partition coefficient (Wildman–Crippen LogP) is 0.958. The first-order valence-corrected chi connectivity index (χ1v) is 3.72. The maximum absolute atomic E-state index is 12.1. The summed E-state index contributed by atoms with van der Waals surface area (Å²) in [7, 11) is 0. The van der Waals surface area contributed by atoms with Crippen LogP contribution in [-0.4, -0.2) is 28.1 Å². The Morgan fingerprint density at radius 3 is 2.85 bits per heavy atom. The number of aliphatic hydroxyl groups is 1. The maximum atomic E-state index is 12.1. The SMILES string of the molecule is Cc1cn(C(F)F)nc1OCCO. The lowest BCUT2D eigenvalue weighted by molar-refractivity contribution is 0.0547. The number of rotatable bonds is 4. The Hall–Kier alpha value is -1.17. The number of aliphatic hydroxyl groups excluding tert-OH is 1. The number of hydrogen-bond acceptors (Lipinski definition) is 3. The number of ether oxygens (including phenoxy) is 1. The average Bonchev–Trinajstić information content (AvgIpc) is 2.44. The lowest BCUT2D eigenvalue weighted by Crippen LogP contribution is -2.04. The molecule has 1 aromatic rings. The molecule has 6 heteroatoms. The van der Waals surface area contributed by atoms with E-state index in [-0.39, 0.29) is 19.1 Å². The molecule has 0 unspecified atom stereocenters. The highest BCUT2D eigenvalue weighted by molar-refractivity contribution is 5.21. The quantitative estimate of drug-likeness (QED) is 0.772. The van der Waals surface area contributed by atoms with Crippen LogP contribution >= 0.6 is 0 Å². The smallest absolute Gasteiger partial charge is 0.333 e. The Morgan fingerprint density at radius 2 is 2.38 bits per heavy atom. The second-order valence-corrected chi connectivity index (χ2v) is 2.45. The molecule has 1 rings (SSSR count). The summed E-state index contributed by atoms with van der Waals surface area (Å²) < 4.78 is 29.6. The van der Waals surface area contributed by atoms with Gasteiger partial charge in [-0.1, -0.05) is 0 Å². The van der Waals surface area contributed by atoms with Crippen molar-refractivity contribution in [2.75, 3.05) is 13.2 Å². The molecular formula is C7H10F2N2O2. The second kappa shape index (κ2) is 4.18. The lowest BCUT2D eigenvalue weighted by atomic mass is 10.4. The van der Waals surface area contributed by atoms with E-state index in [1.807, 2.05) is 0 Å². The van der Waals surface area contributed by atoms with Gasteiger partial charge in [0.05, 0.1) is 6.61 Å². The Morgan fingerprint density at radius 1 is 1.69 bits per heavy atom. The van der Waals surface area contributed by atoms with Gasteiger partial charge in [-0.3, -0.25) is 0 Å². The number of nitrogens with zero attached hydrogens (tertiary/aromatic N) is 2. The monoisotopic (exact) mass is 192 g/mol. The lowest BCUT2D eigenvalue weighted by Gasteiger charge is -1.99. The minimum Gasteiger partial charge on any atom is -0.474 e. The molecular weight excluding hydrogens is 182 g/mol. The Labute approximate surface area is 73.7 Å². The van der Waals surface area contributed by atoms with Crippen LogP contribution in [0.4, 0.5) is 8.78 Å². The molecule has 0 saturated carbocycles. The molecule has 0 aliphatic carbocycles. The van der Waals surface area contributed by atoms with Crippen LogP contribution in [0.2, 0.25) is 0 Å². The highest BCUT2D eigenvalue weighted by Crippen LogP contribution is 2.18. The van der Waals surface area contributed by atoms with Crippen molar-refractivity contribution in [2.45, 2.75) is 13.5 Å². The molecule has 0 fully saturated rings. The van der Waals surface area contributed by atoms with Crippen LogP contribution in [-0.2, 0) is 0 Å². The van der Waals surface area contributed by atoms with Crippen molar-refractivity contribution < 1.29 is 18.6 Å². The Bertz CT molecular complexity index is 275. The summed E-state index contributed by atoms with van der Waals surface area (Å²) in [5.41, 5.74) is 0.522. The standard InChI is InChI=1S/C7H10F2N2O2/c1-5-4-11(7(8)9)10-6(5)13-3-2-12/h4,7,12H,2-3H2,1H3. The summed E-state index contributed by atoms with van der Waals surface area (Å²) in [6, 6.07) is 0. The molecule has 1 N–H and O–H groups in total. The number of halogens is 2. The summed E-state index contributed by atoms with van der Waals surface area (Å²) in [6.07, 6.45) is 1.19. The minimum atomic E-state index is -2.66. The van der Waals surface area contributed by atoms with Crippen molar-refractivity contribution in [1.82, 2.24) is 9.78 Å². The van der Waals surface area contributed by atoms with Crippen LogP contribution in [0.3, 0.4) is 0 Å². The molecule has 0 radical (unpaired) electrons. The van der Waals surface area contributed by atoms with Crippen molar-refractivity contribution in [1.29, 1.82) is 0 Å². The van der Waals surface area contributed by atoms with E-state index < -0.39 is 6.55 Å². The first-order valence-electron chi connectivity index (χ1n) is 3.72. The first-order chi connectivity index (χ1) is 6.15. The van der Waals surface area contributed by atoms with Crippen molar-refractivity contribution in [3.05, 3.63) is 11.8 Å². The third-order valence-electron chi connectivity index (χ3n) is 1.40. The van der Waals surface area contributed by atoms with Crippen LogP contribution in [0, 0.1) is 6.92 Å². The molecule has 0 aromatic carbocycles. The molecule has 0 atom stereocenters. The average molecular weight is 192 g/mol. The molecule has 0 spiro atoms. The van der Waals surface area contributed by atoms with Crippen molar-refractivity contribution in [3.63, 3.8) is 0 Å². The fourth-order valence-electron chi connectivity index (χ4n) is 0.851. The van der Waals surface area contributed by atoms with Gasteiger partial charge in [0.2, 0.25) is 5.88 Å². The van der Waals surface area contributed by atoms with Gasteiger partial charge in [0.25, 0.3) is 0 Å². The summed E-state index contributed by atoms with van der Waals surface area (Å²) in [4.78, 5) is 0. The van der Waals surface area contributed by atoms with E-state index in [9.17, 15) is 8.78 Å². The Kier molecular flexibility index (Phi) is 3.18. The summed E-state index contributed by atoms with van der Waals surface area (Å²) in [6.45, 7) is -1.16. The molecule has 0 aliphatic heterocycles. The molecule has 0 bridgehead atoms. The van der Waals surface area contributed by atoms with Crippen LogP contribution in [0.5, 0.6) is 5.88 Å². The molecule has 1 aromatic heterocycles. The van der Waals surface area contributed by atoms with Crippen LogP contribution in [0.1, 0.15) is 12.1 Å². The summed E-state index contributed by atoms with van der Waals surface area (Å²) in [5.74, 6) is 0.134. The molecule has 74 valence electrons. The van der Waals surface area contributed by atoms with Gasteiger partial charge in [-0.25, -0.2) is 4.68 Å². The maximum Gasteiger partial charge on any atom is 0.333 e. The number of alkyl halides is 2. The van der Waals surface area contributed by atoms with E-state index in [0.717, 1.165) is 0 Å². The van der Waals surface area contributed by atoms with Gasteiger partial charge in [0.15, 0.2) is 0 Å². The zero-order valence-corrected chi connectivity index (χ0v) is 7.07. The third kappa shape index (κ3) is 2.38. The van der Waals surface area contributed by atoms with E-state index in [2.05, 4.69) is 5.10 Å². The number of aromatic nitrogens is 2. The van der Waals surface area contributed by atoms with Gasteiger partial charge >= 0.3 is 6.55 Å². The topological polar surface area (TPSA) is 47.3 Å². The van der Waals surface area contributed by atoms with E-state index in [1.165, 1.54) is 6.20 Å².